The maximum Gasteiger partial charge on any atom is 0.130 e. The monoisotopic (exact) mass is 271 g/mol. The molecule has 0 spiro atoms. The number of methoxy groups -OCH3 is 1. The first-order chi connectivity index (χ1) is 9.58. The lowest BCUT2D eigenvalue weighted by molar-refractivity contribution is 0.415. The van der Waals surface area contributed by atoms with Crippen molar-refractivity contribution >= 4 is 5.82 Å². The Bertz CT molecular complexity index is 623. The highest BCUT2D eigenvalue weighted by atomic mass is 16.5. The molecule has 106 valence electrons. The number of hydrogen-bond donors (Lipinski definition) is 1. The van der Waals surface area contributed by atoms with E-state index >= 15 is 0 Å². The molecule has 2 N–H and O–H groups in total. The first kappa shape index (κ1) is 14.3. The zero-order valence-corrected chi connectivity index (χ0v) is 12.5. The van der Waals surface area contributed by atoms with Crippen LogP contribution in [0.5, 0.6) is 5.75 Å². The molecule has 0 unspecified atom stereocenters. The van der Waals surface area contributed by atoms with Crippen LogP contribution in [0, 0.1) is 13.8 Å². The summed E-state index contributed by atoms with van der Waals surface area (Å²) in [5.74, 6) is 1.39. The van der Waals surface area contributed by atoms with Gasteiger partial charge in [0.15, 0.2) is 0 Å². The predicted molar refractivity (Wildman–Crippen MR) is 81.9 cm³/mol. The molecule has 0 saturated heterocycles. The topological polar surface area (TPSA) is 61.0 Å². The summed E-state index contributed by atoms with van der Waals surface area (Å²) < 4.78 is 5.53. The molecule has 0 saturated carbocycles. The van der Waals surface area contributed by atoms with Gasteiger partial charge in [0.1, 0.15) is 17.9 Å². The van der Waals surface area contributed by atoms with Gasteiger partial charge in [0.2, 0.25) is 0 Å². The smallest absolute Gasteiger partial charge is 0.130 e. The van der Waals surface area contributed by atoms with E-state index in [9.17, 15) is 0 Å². The lowest BCUT2D eigenvalue weighted by Gasteiger charge is -2.16. The average Bonchev–Trinajstić information content (AvgIpc) is 2.41. The molecule has 2 aromatic rings. The number of rotatable bonds is 4. The van der Waals surface area contributed by atoms with Gasteiger partial charge in [-0.2, -0.15) is 0 Å². The molecule has 0 atom stereocenters. The third-order valence-corrected chi connectivity index (χ3v) is 3.38. The van der Waals surface area contributed by atoms with Crippen molar-refractivity contribution in [3.05, 3.63) is 35.2 Å². The second kappa shape index (κ2) is 5.90. The summed E-state index contributed by atoms with van der Waals surface area (Å²) in [6.07, 6.45) is 3.37. The summed E-state index contributed by atoms with van der Waals surface area (Å²) in [4.78, 5) is 8.57. The van der Waals surface area contributed by atoms with E-state index in [0.717, 1.165) is 41.0 Å². The molecular weight excluding hydrogens is 250 g/mol. The minimum Gasteiger partial charge on any atom is -0.496 e. The summed E-state index contributed by atoms with van der Waals surface area (Å²) >= 11 is 0. The highest BCUT2D eigenvalue weighted by Gasteiger charge is 2.17. The van der Waals surface area contributed by atoms with Gasteiger partial charge in [0.05, 0.1) is 12.8 Å². The largest absolute Gasteiger partial charge is 0.496 e. The molecule has 4 heteroatoms. The van der Waals surface area contributed by atoms with E-state index in [1.54, 1.807) is 7.11 Å². The number of anilines is 1. The Morgan fingerprint density at radius 1 is 1.20 bits per heavy atom. The zero-order valence-electron chi connectivity index (χ0n) is 12.5. The van der Waals surface area contributed by atoms with E-state index in [-0.39, 0.29) is 0 Å². The van der Waals surface area contributed by atoms with Crippen LogP contribution >= 0.6 is 0 Å². The number of nitrogen functional groups attached to an aromatic ring is 1. The Hall–Kier alpha value is -2.10. The van der Waals surface area contributed by atoms with Gasteiger partial charge in [-0.25, -0.2) is 9.97 Å². The van der Waals surface area contributed by atoms with E-state index in [2.05, 4.69) is 36.8 Å². The number of benzene rings is 1. The molecule has 1 aromatic carbocycles. The number of aryl methyl sites for hydroxylation is 2. The minimum absolute atomic E-state index is 0.555. The van der Waals surface area contributed by atoms with Crippen molar-refractivity contribution < 1.29 is 4.74 Å². The van der Waals surface area contributed by atoms with E-state index in [4.69, 9.17) is 10.5 Å². The van der Waals surface area contributed by atoms with Crippen molar-refractivity contribution in [1.29, 1.82) is 0 Å². The predicted octanol–water partition coefficient (Wildman–Crippen LogP) is 3.30. The van der Waals surface area contributed by atoms with Gasteiger partial charge in [-0.05, 0) is 37.5 Å². The molecule has 0 fully saturated rings. The highest BCUT2D eigenvalue weighted by Crippen LogP contribution is 2.36. The minimum atomic E-state index is 0.555. The van der Waals surface area contributed by atoms with Crippen LogP contribution < -0.4 is 10.5 Å². The van der Waals surface area contributed by atoms with Gasteiger partial charge in [-0.15, -0.1) is 0 Å². The molecule has 1 aromatic heterocycles. The van der Waals surface area contributed by atoms with Gasteiger partial charge in [0, 0.05) is 11.1 Å². The molecule has 1 heterocycles. The molecule has 0 aliphatic carbocycles. The summed E-state index contributed by atoms with van der Waals surface area (Å²) in [5.41, 5.74) is 11.2. The van der Waals surface area contributed by atoms with Crippen molar-refractivity contribution in [2.75, 3.05) is 12.8 Å². The Balaban J connectivity index is 2.71. The van der Waals surface area contributed by atoms with Gasteiger partial charge in [-0.1, -0.05) is 19.4 Å². The van der Waals surface area contributed by atoms with Crippen LogP contribution in [-0.4, -0.2) is 17.1 Å². The summed E-state index contributed by atoms with van der Waals surface area (Å²) in [7, 11) is 1.68. The number of nitrogens with zero attached hydrogens (tertiary/aromatic N) is 2. The Morgan fingerprint density at radius 3 is 2.60 bits per heavy atom. The van der Waals surface area contributed by atoms with Crippen LogP contribution in [0.4, 0.5) is 5.82 Å². The van der Waals surface area contributed by atoms with Crippen molar-refractivity contribution in [1.82, 2.24) is 9.97 Å². The number of aromatic nitrogens is 2. The molecule has 0 aliphatic heterocycles. The van der Waals surface area contributed by atoms with Crippen LogP contribution in [0.2, 0.25) is 0 Å². The Labute approximate surface area is 120 Å². The fourth-order valence-corrected chi connectivity index (χ4v) is 2.53. The summed E-state index contributed by atoms with van der Waals surface area (Å²) in [5, 5.41) is 0. The molecular formula is C16H21N3O. The molecule has 0 radical (unpaired) electrons. The van der Waals surface area contributed by atoms with Crippen LogP contribution in [0.25, 0.3) is 11.3 Å². The standard InChI is InChI=1S/C16H21N3O/c1-5-6-12-15(18-9-19-16(12)17)14-11(3)7-10(2)8-13(14)20-4/h7-9H,5-6H2,1-4H3,(H2,17,18,19). The summed E-state index contributed by atoms with van der Waals surface area (Å²) in [6.45, 7) is 6.24. The number of nitrogens with two attached hydrogens (primary N) is 1. The zero-order chi connectivity index (χ0) is 14.7. The first-order valence-electron chi connectivity index (χ1n) is 6.83. The summed E-state index contributed by atoms with van der Waals surface area (Å²) in [6, 6.07) is 4.15. The number of ether oxygens (including phenoxy) is 1. The van der Waals surface area contributed by atoms with Crippen LogP contribution in [0.15, 0.2) is 18.5 Å². The Kier molecular flexibility index (Phi) is 4.23. The van der Waals surface area contributed by atoms with Crippen LogP contribution in [0.3, 0.4) is 0 Å². The van der Waals surface area contributed by atoms with E-state index < -0.39 is 0 Å². The van der Waals surface area contributed by atoms with E-state index in [0.29, 0.717) is 5.82 Å². The molecule has 4 nitrogen and oxygen atoms in total. The molecule has 0 amide bonds. The third-order valence-electron chi connectivity index (χ3n) is 3.38. The second-order valence-electron chi connectivity index (χ2n) is 5.00. The van der Waals surface area contributed by atoms with Crippen molar-refractivity contribution in [3.63, 3.8) is 0 Å². The third kappa shape index (κ3) is 2.59. The maximum atomic E-state index is 6.02. The van der Waals surface area contributed by atoms with Gasteiger partial charge >= 0.3 is 0 Å². The fraction of sp³-hybridized carbons (Fsp3) is 0.375. The van der Waals surface area contributed by atoms with E-state index in [1.807, 2.05) is 6.07 Å². The SMILES string of the molecule is CCCc1c(N)ncnc1-c1c(C)cc(C)cc1OC. The van der Waals surface area contributed by atoms with Crippen molar-refractivity contribution in [2.24, 2.45) is 0 Å². The molecule has 20 heavy (non-hydrogen) atoms. The number of hydrogen-bond acceptors (Lipinski definition) is 4. The van der Waals surface area contributed by atoms with Crippen molar-refractivity contribution in [2.45, 2.75) is 33.6 Å². The quantitative estimate of drug-likeness (QED) is 0.926. The maximum absolute atomic E-state index is 6.02. The van der Waals surface area contributed by atoms with Crippen LogP contribution in [-0.2, 0) is 6.42 Å². The second-order valence-corrected chi connectivity index (χ2v) is 5.00. The van der Waals surface area contributed by atoms with Gasteiger partial charge < -0.3 is 10.5 Å². The lowest BCUT2D eigenvalue weighted by Crippen LogP contribution is -2.04. The fourth-order valence-electron chi connectivity index (χ4n) is 2.53. The molecule has 2 rings (SSSR count). The van der Waals surface area contributed by atoms with Gasteiger partial charge in [-0.3, -0.25) is 0 Å². The lowest BCUT2D eigenvalue weighted by atomic mass is 9.96. The molecule has 0 aliphatic rings. The van der Waals surface area contributed by atoms with E-state index in [1.165, 1.54) is 11.9 Å². The normalized spacial score (nSPS) is 10.6. The average molecular weight is 271 g/mol. The Morgan fingerprint density at radius 2 is 1.95 bits per heavy atom. The van der Waals surface area contributed by atoms with Gasteiger partial charge in [0.25, 0.3) is 0 Å². The van der Waals surface area contributed by atoms with Crippen molar-refractivity contribution in [3.8, 4) is 17.0 Å². The first-order valence-corrected chi connectivity index (χ1v) is 6.83. The molecule has 0 bridgehead atoms. The van der Waals surface area contributed by atoms with Crippen LogP contribution in [0.1, 0.15) is 30.0 Å². The highest BCUT2D eigenvalue weighted by molar-refractivity contribution is 5.76.